The first-order chi connectivity index (χ1) is 19.6. The Balaban J connectivity index is 1.31. The lowest BCUT2D eigenvalue weighted by molar-refractivity contribution is -0.130. The molecule has 1 unspecified atom stereocenters. The Hall–Kier alpha value is -2.11. The molecule has 3 fully saturated rings. The number of carbonyl (C=O) groups is 3. The van der Waals surface area contributed by atoms with E-state index in [-0.39, 0.29) is 17.1 Å². The third kappa shape index (κ3) is 9.44. The first-order valence-electron chi connectivity index (χ1n) is 14.9. The highest BCUT2D eigenvalue weighted by Crippen LogP contribution is 2.34. The zero-order chi connectivity index (χ0) is 29.4. The summed E-state index contributed by atoms with van der Waals surface area (Å²) in [5.41, 5.74) is 1.85. The monoisotopic (exact) mass is 606 g/mol. The zero-order valence-electron chi connectivity index (χ0n) is 24.9. The fourth-order valence-corrected chi connectivity index (χ4v) is 7.79. The molecule has 3 aliphatic rings. The normalized spacial score (nSPS) is 21.7. The first-order valence-corrected chi connectivity index (χ1v) is 16.9. The van der Waals surface area contributed by atoms with E-state index in [1.54, 1.807) is 27.7 Å². The van der Waals surface area contributed by atoms with Gasteiger partial charge in [0, 0.05) is 29.8 Å². The summed E-state index contributed by atoms with van der Waals surface area (Å²) in [6.07, 6.45) is 6.44. The minimum atomic E-state index is -0.721. The van der Waals surface area contributed by atoms with Gasteiger partial charge >= 0.3 is 6.09 Å². The van der Waals surface area contributed by atoms with Crippen molar-refractivity contribution >= 4 is 47.3 Å². The molecule has 0 bridgehead atoms. The quantitative estimate of drug-likeness (QED) is 0.394. The van der Waals surface area contributed by atoms with Crippen LogP contribution in [-0.2, 0) is 25.5 Å². The number of rotatable bonds is 9. The number of benzene rings is 1. The summed E-state index contributed by atoms with van der Waals surface area (Å²) in [6.45, 7) is 10.5. The summed E-state index contributed by atoms with van der Waals surface area (Å²) in [6, 6.07) is 7.43. The Morgan fingerprint density at radius 2 is 1.78 bits per heavy atom. The molecule has 1 aliphatic carbocycles. The number of amides is 3. The SMILES string of the molecule is C[C@@H](NC(=O)[C@@H]1CSCN1C(=O)OC(C)(C)C)C(=O)NSC(Cc1ccc(N2CCOCC2)cc1)C1CCCCC1. The molecule has 41 heavy (non-hydrogen) atoms. The van der Waals surface area contributed by atoms with Gasteiger partial charge in [-0.1, -0.05) is 31.4 Å². The average Bonchev–Trinajstić information content (AvgIpc) is 3.46. The third-order valence-electron chi connectivity index (χ3n) is 7.80. The van der Waals surface area contributed by atoms with E-state index in [1.165, 1.54) is 72.0 Å². The number of nitrogens with one attached hydrogen (secondary N) is 2. The highest BCUT2D eigenvalue weighted by atomic mass is 32.2. The van der Waals surface area contributed by atoms with Crippen LogP contribution in [-0.4, -0.2) is 83.7 Å². The van der Waals surface area contributed by atoms with Gasteiger partial charge in [0.05, 0.1) is 19.1 Å². The van der Waals surface area contributed by atoms with E-state index in [0.29, 0.717) is 17.5 Å². The minimum Gasteiger partial charge on any atom is -0.444 e. The van der Waals surface area contributed by atoms with Crippen LogP contribution in [0.3, 0.4) is 0 Å². The van der Waals surface area contributed by atoms with Gasteiger partial charge in [0.15, 0.2) is 0 Å². The highest BCUT2D eigenvalue weighted by molar-refractivity contribution is 7.99. The van der Waals surface area contributed by atoms with Crippen LogP contribution in [0.4, 0.5) is 10.5 Å². The fourth-order valence-electron chi connectivity index (χ4n) is 5.46. The van der Waals surface area contributed by atoms with E-state index in [1.807, 2.05) is 0 Å². The first kappa shape index (κ1) is 31.8. The van der Waals surface area contributed by atoms with Crippen molar-refractivity contribution in [3.8, 4) is 0 Å². The van der Waals surface area contributed by atoms with Crippen molar-refractivity contribution in [2.24, 2.45) is 5.92 Å². The molecule has 9 nitrogen and oxygen atoms in total. The Labute approximate surface area is 253 Å². The molecule has 1 saturated carbocycles. The molecule has 2 heterocycles. The lowest BCUT2D eigenvalue weighted by Gasteiger charge is -2.31. The standard InChI is InChI=1S/C30H46N4O5S2/c1-21(31-28(36)25-19-40-20-34(25)29(37)39-30(2,3)4)27(35)32-41-26(23-8-6-5-7-9-23)18-22-10-12-24(13-11-22)33-14-16-38-17-15-33/h10-13,21,23,25-26H,5-9,14-20H2,1-4H3,(H,31,36)(H,32,35)/t21-,25+,26?/m1/s1. The number of ether oxygens (including phenoxy) is 2. The second-order valence-electron chi connectivity index (χ2n) is 12.2. The molecule has 2 aliphatic heterocycles. The van der Waals surface area contributed by atoms with Crippen molar-refractivity contribution in [1.82, 2.24) is 14.9 Å². The van der Waals surface area contributed by atoms with E-state index >= 15 is 0 Å². The maximum absolute atomic E-state index is 13.1. The van der Waals surface area contributed by atoms with Crippen LogP contribution in [0.25, 0.3) is 0 Å². The molecule has 228 valence electrons. The second kappa shape index (κ2) is 14.9. The van der Waals surface area contributed by atoms with E-state index in [9.17, 15) is 14.4 Å². The number of hydrogen-bond acceptors (Lipinski definition) is 8. The summed E-state index contributed by atoms with van der Waals surface area (Å²) in [7, 11) is 0. The Kier molecular flexibility index (Phi) is 11.5. The van der Waals surface area contributed by atoms with Gasteiger partial charge in [0.25, 0.3) is 5.91 Å². The van der Waals surface area contributed by atoms with Gasteiger partial charge in [-0.15, -0.1) is 11.8 Å². The molecule has 3 atom stereocenters. The van der Waals surface area contributed by atoms with Gasteiger partial charge in [-0.25, -0.2) is 4.79 Å². The van der Waals surface area contributed by atoms with Crippen LogP contribution in [0.5, 0.6) is 0 Å². The molecule has 0 spiro atoms. The summed E-state index contributed by atoms with van der Waals surface area (Å²) in [4.78, 5) is 42.5. The molecular formula is C30H46N4O5S2. The molecule has 0 radical (unpaired) electrons. The van der Waals surface area contributed by atoms with E-state index in [0.717, 1.165) is 32.7 Å². The maximum Gasteiger partial charge on any atom is 0.411 e. The smallest absolute Gasteiger partial charge is 0.411 e. The lowest BCUT2D eigenvalue weighted by Crippen LogP contribution is -2.53. The number of nitrogens with zero attached hydrogens (tertiary/aromatic N) is 2. The van der Waals surface area contributed by atoms with Crippen molar-refractivity contribution in [2.45, 2.75) is 89.2 Å². The molecule has 2 saturated heterocycles. The molecule has 1 aromatic rings. The summed E-state index contributed by atoms with van der Waals surface area (Å²) in [5.74, 6) is 0.831. The highest BCUT2D eigenvalue weighted by Gasteiger charge is 2.38. The molecule has 1 aromatic carbocycles. The van der Waals surface area contributed by atoms with Crippen molar-refractivity contribution < 1.29 is 23.9 Å². The van der Waals surface area contributed by atoms with Gasteiger partial charge in [0.2, 0.25) is 5.91 Å². The predicted octanol–water partition coefficient (Wildman–Crippen LogP) is 4.59. The molecular weight excluding hydrogens is 560 g/mol. The van der Waals surface area contributed by atoms with Gasteiger partial charge in [-0.2, -0.15) is 0 Å². The predicted molar refractivity (Wildman–Crippen MR) is 166 cm³/mol. The van der Waals surface area contributed by atoms with Crippen LogP contribution in [0.2, 0.25) is 0 Å². The zero-order valence-corrected chi connectivity index (χ0v) is 26.5. The Morgan fingerprint density at radius 1 is 1.10 bits per heavy atom. The van der Waals surface area contributed by atoms with Crippen LogP contribution in [0.1, 0.15) is 65.4 Å². The number of hydrogen-bond donors (Lipinski definition) is 2. The lowest BCUT2D eigenvalue weighted by atomic mass is 9.85. The van der Waals surface area contributed by atoms with Gasteiger partial charge in [-0.05, 0) is 82.5 Å². The van der Waals surface area contributed by atoms with Crippen molar-refractivity contribution in [3.05, 3.63) is 29.8 Å². The number of anilines is 1. The maximum atomic E-state index is 13.1. The molecule has 3 amide bonds. The van der Waals surface area contributed by atoms with E-state index in [2.05, 4.69) is 39.2 Å². The molecule has 11 heteroatoms. The third-order valence-corrected chi connectivity index (χ3v) is 9.99. The average molecular weight is 607 g/mol. The van der Waals surface area contributed by atoms with Crippen LogP contribution in [0.15, 0.2) is 24.3 Å². The molecule has 2 N–H and O–H groups in total. The second-order valence-corrected chi connectivity index (χ2v) is 14.2. The summed E-state index contributed by atoms with van der Waals surface area (Å²) >= 11 is 3.00. The van der Waals surface area contributed by atoms with Gasteiger partial charge in [-0.3, -0.25) is 19.2 Å². The Morgan fingerprint density at radius 3 is 2.44 bits per heavy atom. The van der Waals surface area contributed by atoms with E-state index in [4.69, 9.17) is 9.47 Å². The van der Waals surface area contributed by atoms with Crippen LogP contribution < -0.4 is 14.9 Å². The number of thioether (sulfide) groups is 1. The largest absolute Gasteiger partial charge is 0.444 e. The van der Waals surface area contributed by atoms with Crippen LogP contribution >= 0.6 is 23.7 Å². The topological polar surface area (TPSA) is 100 Å². The van der Waals surface area contributed by atoms with Crippen molar-refractivity contribution in [1.29, 1.82) is 0 Å². The number of morpholine rings is 1. The summed E-state index contributed by atoms with van der Waals surface area (Å²) < 4.78 is 14.0. The van der Waals surface area contributed by atoms with E-state index < -0.39 is 23.8 Å². The van der Waals surface area contributed by atoms with Gasteiger partial charge in [0.1, 0.15) is 17.7 Å². The number of carbonyl (C=O) groups excluding carboxylic acids is 3. The molecule has 4 rings (SSSR count). The summed E-state index contributed by atoms with van der Waals surface area (Å²) in [5, 5.41) is 3.07. The van der Waals surface area contributed by atoms with Crippen LogP contribution in [0, 0.1) is 5.92 Å². The van der Waals surface area contributed by atoms with Gasteiger partial charge < -0.3 is 19.7 Å². The Bertz CT molecular complexity index is 1020. The minimum absolute atomic E-state index is 0.235. The molecule has 0 aromatic heterocycles. The fraction of sp³-hybridized carbons (Fsp3) is 0.700. The van der Waals surface area contributed by atoms with Crippen molar-refractivity contribution in [3.63, 3.8) is 0 Å². The van der Waals surface area contributed by atoms with Crippen molar-refractivity contribution in [2.75, 3.05) is 42.8 Å².